The molecule has 0 aliphatic heterocycles. The lowest BCUT2D eigenvalue weighted by Crippen LogP contribution is -2.22. The summed E-state index contributed by atoms with van der Waals surface area (Å²) in [6.07, 6.45) is 8.91. The van der Waals surface area contributed by atoms with Crippen LogP contribution in [0.2, 0.25) is 0 Å². The topological polar surface area (TPSA) is 30.0 Å². The summed E-state index contributed by atoms with van der Waals surface area (Å²) < 4.78 is 0. The second-order valence-electron chi connectivity index (χ2n) is 6.25. The molecule has 1 aliphatic carbocycles. The van der Waals surface area contributed by atoms with Gasteiger partial charge in [-0.1, -0.05) is 38.0 Å². The van der Waals surface area contributed by atoms with Crippen LogP contribution in [0.25, 0.3) is 10.9 Å². The molecule has 2 nitrogen and oxygen atoms in total. The molecule has 3 rings (SSSR count). The lowest BCUT2D eigenvalue weighted by atomic mass is 9.77. The van der Waals surface area contributed by atoms with E-state index in [1.807, 2.05) is 30.3 Å². The van der Waals surface area contributed by atoms with Crippen LogP contribution in [0.15, 0.2) is 36.5 Å². The molecule has 110 valence electrons. The fraction of sp³-hybridized carbons (Fsp3) is 0.474. The van der Waals surface area contributed by atoms with Crippen molar-refractivity contribution < 1.29 is 4.79 Å². The number of pyridine rings is 1. The van der Waals surface area contributed by atoms with Gasteiger partial charge in [0.2, 0.25) is 0 Å². The highest BCUT2D eigenvalue weighted by atomic mass is 16.1. The predicted molar refractivity (Wildman–Crippen MR) is 86.4 cm³/mol. The van der Waals surface area contributed by atoms with Crippen LogP contribution in [0.3, 0.4) is 0 Å². The Hall–Kier alpha value is -1.70. The molecule has 1 saturated carbocycles. The van der Waals surface area contributed by atoms with Crippen molar-refractivity contribution in [1.29, 1.82) is 0 Å². The minimum atomic E-state index is 0.212. The van der Waals surface area contributed by atoms with Crippen LogP contribution in [-0.4, -0.2) is 10.8 Å². The van der Waals surface area contributed by atoms with Gasteiger partial charge in [0, 0.05) is 23.1 Å². The number of carbonyl (C=O) groups is 1. The molecule has 0 N–H and O–H groups in total. The van der Waals surface area contributed by atoms with Crippen molar-refractivity contribution >= 4 is 16.7 Å². The summed E-state index contributed by atoms with van der Waals surface area (Å²) in [7, 11) is 0. The highest BCUT2D eigenvalue weighted by Gasteiger charge is 2.27. The van der Waals surface area contributed by atoms with Crippen LogP contribution in [0.5, 0.6) is 0 Å². The molecule has 0 bridgehead atoms. The number of aromatic nitrogens is 1. The van der Waals surface area contributed by atoms with Gasteiger partial charge in [0.25, 0.3) is 0 Å². The van der Waals surface area contributed by atoms with Crippen molar-refractivity contribution in [1.82, 2.24) is 4.98 Å². The number of ketones is 1. The normalized spacial score (nSPS) is 22.3. The van der Waals surface area contributed by atoms with Gasteiger partial charge in [-0.3, -0.25) is 9.78 Å². The molecule has 0 unspecified atom stereocenters. The molecule has 0 atom stereocenters. The van der Waals surface area contributed by atoms with Gasteiger partial charge < -0.3 is 0 Å². The van der Waals surface area contributed by atoms with E-state index in [0.717, 1.165) is 35.2 Å². The first kappa shape index (κ1) is 14.2. The fourth-order valence-electron chi connectivity index (χ4n) is 3.66. The maximum absolute atomic E-state index is 12.9. The summed E-state index contributed by atoms with van der Waals surface area (Å²) in [6.45, 7) is 2.25. The summed E-state index contributed by atoms with van der Waals surface area (Å²) in [5.74, 6) is 1.38. The van der Waals surface area contributed by atoms with E-state index in [4.69, 9.17) is 0 Å². The van der Waals surface area contributed by atoms with E-state index in [2.05, 4.69) is 11.9 Å². The number of fused-ring (bicyclic) bond motifs is 1. The Balaban J connectivity index is 1.79. The van der Waals surface area contributed by atoms with Crippen molar-refractivity contribution in [3.05, 3.63) is 42.1 Å². The minimum absolute atomic E-state index is 0.212. The maximum atomic E-state index is 12.9. The van der Waals surface area contributed by atoms with E-state index in [1.54, 1.807) is 6.20 Å². The highest BCUT2D eigenvalue weighted by molar-refractivity contribution is 6.08. The van der Waals surface area contributed by atoms with E-state index in [9.17, 15) is 4.79 Å². The summed E-state index contributed by atoms with van der Waals surface area (Å²) >= 11 is 0. The van der Waals surface area contributed by atoms with Gasteiger partial charge in [0.05, 0.1) is 5.52 Å². The number of Topliss-reactive ketones (excluding diaryl/α,β-unsaturated/α-hetero) is 1. The monoisotopic (exact) mass is 281 g/mol. The molecule has 0 amide bonds. The van der Waals surface area contributed by atoms with Gasteiger partial charge in [-0.25, -0.2) is 0 Å². The number of hydrogen-bond acceptors (Lipinski definition) is 2. The number of rotatable bonds is 4. The van der Waals surface area contributed by atoms with Crippen LogP contribution >= 0.6 is 0 Å². The Kier molecular flexibility index (Phi) is 4.33. The van der Waals surface area contributed by atoms with Crippen LogP contribution < -0.4 is 0 Å². The zero-order valence-corrected chi connectivity index (χ0v) is 12.7. The summed E-state index contributed by atoms with van der Waals surface area (Å²) in [6, 6.07) is 9.82. The maximum Gasteiger partial charge on any atom is 0.166 e. The van der Waals surface area contributed by atoms with E-state index in [-0.39, 0.29) is 5.92 Å². The average Bonchev–Trinajstić information content (AvgIpc) is 2.55. The standard InChI is InChI=1S/C19H23NO/c1-2-5-14-9-11-15(12-10-14)19(21)17-6-3-8-18-16(17)7-4-13-20-18/h3-4,6-8,13-15H,2,5,9-12H2,1H3. The van der Waals surface area contributed by atoms with Crippen LogP contribution in [-0.2, 0) is 0 Å². The predicted octanol–water partition coefficient (Wildman–Crippen LogP) is 5.02. The smallest absolute Gasteiger partial charge is 0.166 e. The minimum Gasteiger partial charge on any atom is -0.294 e. The van der Waals surface area contributed by atoms with E-state index < -0.39 is 0 Å². The van der Waals surface area contributed by atoms with Gasteiger partial charge in [-0.15, -0.1) is 0 Å². The molecule has 1 fully saturated rings. The summed E-state index contributed by atoms with van der Waals surface area (Å²) in [4.78, 5) is 17.2. The third-order valence-corrected chi connectivity index (χ3v) is 4.83. The molecule has 1 aromatic heterocycles. The lowest BCUT2D eigenvalue weighted by Gasteiger charge is -2.27. The first-order chi connectivity index (χ1) is 10.3. The third kappa shape index (κ3) is 2.99. The molecular weight excluding hydrogens is 258 g/mol. The number of benzene rings is 1. The summed E-state index contributed by atoms with van der Waals surface area (Å²) in [5.41, 5.74) is 1.78. The zero-order chi connectivity index (χ0) is 14.7. The molecule has 0 saturated heterocycles. The Morgan fingerprint density at radius 2 is 1.95 bits per heavy atom. The zero-order valence-electron chi connectivity index (χ0n) is 12.7. The fourth-order valence-corrected chi connectivity index (χ4v) is 3.66. The molecular formula is C19H23NO. The van der Waals surface area contributed by atoms with Crippen molar-refractivity contribution in [2.45, 2.75) is 45.4 Å². The van der Waals surface area contributed by atoms with Gasteiger partial charge >= 0.3 is 0 Å². The van der Waals surface area contributed by atoms with E-state index >= 15 is 0 Å². The Morgan fingerprint density at radius 1 is 1.14 bits per heavy atom. The number of carbonyl (C=O) groups excluding carboxylic acids is 1. The first-order valence-electron chi connectivity index (χ1n) is 8.17. The second-order valence-corrected chi connectivity index (χ2v) is 6.25. The van der Waals surface area contributed by atoms with Gasteiger partial charge in [-0.05, 0) is 43.7 Å². The third-order valence-electron chi connectivity index (χ3n) is 4.83. The Bertz CT molecular complexity index is 621. The second kappa shape index (κ2) is 6.38. The quantitative estimate of drug-likeness (QED) is 0.736. The molecule has 2 heteroatoms. The molecule has 0 spiro atoms. The van der Waals surface area contributed by atoms with Crippen LogP contribution in [0, 0.1) is 11.8 Å². The van der Waals surface area contributed by atoms with Crippen molar-refractivity contribution in [3.8, 4) is 0 Å². The lowest BCUT2D eigenvalue weighted by molar-refractivity contribution is 0.0871. The van der Waals surface area contributed by atoms with Crippen LogP contribution in [0.4, 0.5) is 0 Å². The SMILES string of the molecule is CCCC1CCC(C(=O)c2cccc3ncccc23)CC1. The highest BCUT2D eigenvalue weighted by Crippen LogP contribution is 2.34. The molecule has 1 heterocycles. The number of nitrogens with zero attached hydrogens (tertiary/aromatic N) is 1. The molecule has 0 radical (unpaired) electrons. The Morgan fingerprint density at radius 3 is 2.71 bits per heavy atom. The van der Waals surface area contributed by atoms with Crippen molar-refractivity contribution in [2.24, 2.45) is 11.8 Å². The van der Waals surface area contributed by atoms with Crippen LogP contribution in [0.1, 0.15) is 55.8 Å². The first-order valence-corrected chi connectivity index (χ1v) is 8.17. The van der Waals surface area contributed by atoms with Crippen molar-refractivity contribution in [3.63, 3.8) is 0 Å². The largest absolute Gasteiger partial charge is 0.294 e. The van der Waals surface area contributed by atoms with Gasteiger partial charge in [0.1, 0.15) is 0 Å². The summed E-state index contributed by atoms with van der Waals surface area (Å²) in [5, 5.41) is 1.00. The van der Waals surface area contributed by atoms with E-state index in [0.29, 0.717) is 5.78 Å². The molecule has 21 heavy (non-hydrogen) atoms. The number of hydrogen-bond donors (Lipinski definition) is 0. The van der Waals surface area contributed by atoms with Crippen molar-refractivity contribution in [2.75, 3.05) is 0 Å². The molecule has 2 aromatic rings. The van der Waals surface area contributed by atoms with E-state index in [1.165, 1.54) is 25.7 Å². The van der Waals surface area contributed by atoms with Gasteiger partial charge in [0.15, 0.2) is 5.78 Å². The molecule has 1 aromatic carbocycles. The van der Waals surface area contributed by atoms with Gasteiger partial charge in [-0.2, -0.15) is 0 Å². The Labute approximate surface area is 126 Å². The average molecular weight is 281 g/mol. The molecule has 1 aliphatic rings.